The molecule has 0 bridgehead atoms. The van der Waals surface area contributed by atoms with E-state index in [9.17, 15) is 0 Å². The van der Waals surface area contributed by atoms with E-state index in [2.05, 4.69) is 24.3 Å². The number of benzene rings is 1. The zero-order valence-electron chi connectivity index (χ0n) is 11.1. The first-order valence-electron chi connectivity index (χ1n) is 6.06. The maximum absolute atomic E-state index is 8.77. The molecule has 0 saturated heterocycles. The lowest BCUT2D eigenvalue weighted by molar-refractivity contribution is 0.269. The van der Waals surface area contributed by atoms with E-state index in [4.69, 9.17) is 10.00 Å². The second-order valence-electron chi connectivity index (χ2n) is 4.14. The van der Waals surface area contributed by atoms with E-state index in [1.54, 1.807) is 12.1 Å². The molecule has 0 fully saturated rings. The highest BCUT2D eigenvalue weighted by molar-refractivity contribution is 7.98. The number of nitrogens with zero attached hydrogens (tertiary/aromatic N) is 2. The van der Waals surface area contributed by atoms with Gasteiger partial charge in [-0.15, -0.1) is 0 Å². The highest BCUT2D eigenvalue weighted by atomic mass is 32.2. The van der Waals surface area contributed by atoms with Crippen LogP contribution in [-0.4, -0.2) is 43.7 Å². The van der Waals surface area contributed by atoms with Crippen molar-refractivity contribution < 1.29 is 4.74 Å². The van der Waals surface area contributed by atoms with Crippen LogP contribution in [0.2, 0.25) is 0 Å². The van der Waals surface area contributed by atoms with Gasteiger partial charge in [0.15, 0.2) is 0 Å². The molecule has 0 heterocycles. The number of rotatable bonds is 8. The molecule has 0 unspecified atom stereocenters. The molecular weight excluding hydrogens is 244 g/mol. The standard InChI is InChI=1S/C14H20N2OS/c1-16(8-10-18-2)7-4-9-17-14-6-3-5-13(11-14)12-15/h3,5-6,11H,4,7-10H2,1-2H3. The Labute approximate surface area is 114 Å². The van der Waals surface area contributed by atoms with E-state index >= 15 is 0 Å². The first-order chi connectivity index (χ1) is 8.76. The minimum Gasteiger partial charge on any atom is -0.494 e. The van der Waals surface area contributed by atoms with E-state index < -0.39 is 0 Å². The van der Waals surface area contributed by atoms with Crippen molar-refractivity contribution in [2.24, 2.45) is 0 Å². The molecule has 18 heavy (non-hydrogen) atoms. The second-order valence-corrected chi connectivity index (χ2v) is 5.12. The Morgan fingerprint density at radius 2 is 2.22 bits per heavy atom. The van der Waals surface area contributed by atoms with Crippen molar-refractivity contribution in [3.63, 3.8) is 0 Å². The largest absolute Gasteiger partial charge is 0.494 e. The van der Waals surface area contributed by atoms with Gasteiger partial charge in [-0.3, -0.25) is 0 Å². The topological polar surface area (TPSA) is 36.3 Å². The van der Waals surface area contributed by atoms with Gasteiger partial charge in [0, 0.05) is 18.8 Å². The summed E-state index contributed by atoms with van der Waals surface area (Å²) in [4.78, 5) is 2.31. The van der Waals surface area contributed by atoms with Gasteiger partial charge in [-0.1, -0.05) is 6.07 Å². The van der Waals surface area contributed by atoms with Crippen molar-refractivity contribution in [2.75, 3.05) is 38.8 Å². The molecule has 0 aliphatic carbocycles. The Hall–Kier alpha value is -1.18. The number of hydrogen-bond donors (Lipinski definition) is 0. The van der Waals surface area contributed by atoms with Crippen LogP contribution in [0.5, 0.6) is 5.75 Å². The molecule has 0 aliphatic rings. The van der Waals surface area contributed by atoms with Crippen LogP contribution >= 0.6 is 11.8 Å². The summed E-state index contributed by atoms with van der Waals surface area (Å²) in [5, 5.41) is 8.77. The first-order valence-corrected chi connectivity index (χ1v) is 7.46. The second kappa shape index (κ2) is 8.84. The Bertz CT molecular complexity index is 390. The number of thioether (sulfide) groups is 1. The Balaban J connectivity index is 2.19. The fraction of sp³-hybridized carbons (Fsp3) is 0.500. The fourth-order valence-corrected chi connectivity index (χ4v) is 2.03. The molecule has 0 atom stereocenters. The zero-order valence-corrected chi connectivity index (χ0v) is 11.9. The van der Waals surface area contributed by atoms with Crippen LogP contribution in [0.25, 0.3) is 0 Å². The molecular formula is C14H20N2OS. The van der Waals surface area contributed by atoms with Crippen LogP contribution in [0, 0.1) is 11.3 Å². The maximum atomic E-state index is 8.77. The van der Waals surface area contributed by atoms with Crippen molar-refractivity contribution in [2.45, 2.75) is 6.42 Å². The SMILES string of the molecule is CSCCN(C)CCCOc1cccc(C#N)c1. The van der Waals surface area contributed by atoms with Gasteiger partial charge in [-0.25, -0.2) is 0 Å². The van der Waals surface area contributed by atoms with E-state index in [-0.39, 0.29) is 0 Å². The predicted molar refractivity (Wildman–Crippen MR) is 77.1 cm³/mol. The van der Waals surface area contributed by atoms with Gasteiger partial charge in [0.1, 0.15) is 5.75 Å². The summed E-state index contributed by atoms with van der Waals surface area (Å²) in [6.45, 7) is 2.85. The van der Waals surface area contributed by atoms with Crippen LogP contribution in [0.3, 0.4) is 0 Å². The predicted octanol–water partition coefficient (Wildman–Crippen LogP) is 2.62. The van der Waals surface area contributed by atoms with Crippen molar-refractivity contribution in [3.8, 4) is 11.8 Å². The molecule has 0 saturated carbocycles. The molecule has 3 nitrogen and oxygen atoms in total. The third-order valence-corrected chi connectivity index (χ3v) is 3.18. The van der Waals surface area contributed by atoms with Gasteiger partial charge in [-0.05, 0) is 37.9 Å². The first kappa shape index (κ1) is 14.9. The molecule has 0 amide bonds. The quantitative estimate of drug-likeness (QED) is 0.676. The third-order valence-electron chi connectivity index (χ3n) is 2.59. The average Bonchev–Trinajstić information content (AvgIpc) is 2.41. The van der Waals surface area contributed by atoms with E-state index in [0.29, 0.717) is 12.2 Å². The molecule has 98 valence electrons. The van der Waals surface area contributed by atoms with Crippen LogP contribution in [-0.2, 0) is 0 Å². The molecule has 4 heteroatoms. The van der Waals surface area contributed by atoms with Crippen LogP contribution in [0.1, 0.15) is 12.0 Å². The lowest BCUT2D eigenvalue weighted by atomic mass is 10.2. The summed E-state index contributed by atoms with van der Waals surface area (Å²) < 4.78 is 5.62. The lowest BCUT2D eigenvalue weighted by Gasteiger charge is -2.15. The van der Waals surface area contributed by atoms with Gasteiger partial charge >= 0.3 is 0 Å². The van der Waals surface area contributed by atoms with Crippen LogP contribution < -0.4 is 4.74 Å². The Morgan fingerprint density at radius 3 is 2.94 bits per heavy atom. The minimum absolute atomic E-state index is 0.643. The van der Waals surface area contributed by atoms with Gasteiger partial charge in [-0.2, -0.15) is 17.0 Å². The Kier molecular flexibility index (Phi) is 7.31. The highest BCUT2D eigenvalue weighted by Gasteiger charge is 1.99. The minimum atomic E-state index is 0.643. The summed E-state index contributed by atoms with van der Waals surface area (Å²) in [6, 6.07) is 9.40. The number of ether oxygens (including phenoxy) is 1. The molecule has 1 rings (SSSR count). The molecule has 0 N–H and O–H groups in total. The number of hydrogen-bond acceptors (Lipinski definition) is 4. The van der Waals surface area contributed by atoms with Crippen molar-refractivity contribution in [3.05, 3.63) is 29.8 Å². The van der Waals surface area contributed by atoms with Crippen molar-refractivity contribution in [1.82, 2.24) is 4.90 Å². The average molecular weight is 264 g/mol. The zero-order chi connectivity index (χ0) is 13.2. The van der Waals surface area contributed by atoms with E-state index in [1.165, 1.54) is 5.75 Å². The van der Waals surface area contributed by atoms with Gasteiger partial charge in [0.25, 0.3) is 0 Å². The monoisotopic (exact) mass is 264 g/mol. The molecule has 1 aromatic carbocycles. The van der Waals surface area contributed by atoms with Crippen LogP contribution in [0.4, 0.5) is 0 Å². The number of nitriles is 1. The smallest absolute Gasteiger partial charge is 0.120 e. The maximum Gasteiger partial charge on any atom is 0.120 e. The summed E-state index contributed by atoms with van der Waals surface area (Å²) in [5.74, 6) is 1.95. The van der Waals surface area contributed by atoms with Gasteiger partial charge in [0.2, 0.25) is 0 Å². The van der Waals surface area contributed by atoms with E-state index in [0.717, 1.165) is 25.3 Å². The van der Waals surface area contributed by atoms with E-state index in [1.807, 2.05) is 23.9 Å². The molecule has 1 aromatic rings. The fourth-order valence-electron chi connectivity index (χ4n) is 1.54. The summed E-state index contributed by atoms with van der Waals surface area (Å²) in [5.41, 5.74) is 0.643. The molecule has 0 aliphatic heterocycles. The normalized spacial score (nSPS) is 10.3. The molecule has 0 aromatic heterocycles. The Morgan fingerprint density at radius 1 is 1.39 bits per heavy atom. The summed E-state index contributed by atoms with van der Waals surface area (Å²) >= 11 is 1.87. The van der Waals surface area contributed by atoms with Gasteiger partial charge < -0.3 is 9.64 Å². The van der Waals surface area contributed by atoms with Crippen molar-refractivity contribution in [1.29, 1.82) is 5.26 Å². The van der Waals surface area contributed by atoms with Crippen LogP contribution in [0.15, 0.2) is 24.3 Å². The van der Waals surface area contributed by atoms with Crippen molar-refractivity contribution >= 4 is 11.8 Å². The molecule has 0 spiro atoms. The van der Waals surface area contributed by atoms with Gasteiger partial charge in [0.05, 0.1) is 18.2 Å². The lowest BCUT2D eigenvalue weighted by Crippen LogP contribution is -2.23. The molecule has 0 radical (unpaired) electrons. The summed E-state index contributed by atoms with van der Waals surface area (Å²) in [7, 11) is 2.13. The third kappa shape index (κ3) is 5.95. The highest BCUT2D eigenvalue weighted by Crippen LogP contribution is 2.12. The summed E-state index contributed by atoms with van der Waals surface area (Å²) in [6.07, 6.45) is 3.13.